The van der Waals surface area contributed by atoms with Crippen molar-refractivity contribution in [2.45, 2.75) is 25.6 Å². The van der Waals surface area contributed by atoms with Crippen LogP contribution in [0.25, 0.3) is 5.70 Å². The highest BCUT2D eigenvalue weighted by atomic mass is 35.5. The molecule has 1 aliphatic rings. The fourth-order valence-electron chi connectivity index (χ4n) is 3.00. The number of methoxy groups -OCH3 is 1. The number of hydrogen-bond donors (Lipinski definition) is 1. The molecule has 2 heterocycles. The van der Waals surface area contributed by atoms with E-state index in [4.69, 9.17) is 16.3 Å². The molecule has 0 saturated carbocycles. The molecule has 136 valence electrons. The van der Waals surface area contributed by atoms with Crippen LogP contribution in [0.4, 0.5) is 0 Å². The number of allylic oxidation sites excluding steroid dienone is 1. The first-order valence-corrected chi connectivity index (χ1v) is 8.73. The third kappa shape index (κ3) is 4.06. The van der Waals surface area contributed by atoms with Crippen LogP contribution in [0.15, 0.2) is 53.8 Å². The molecule has 0 fully saturated rings. The number of aliphatic hydroxyl groups is 1. The van der Waals surface area contributed by atoms with Crippen LogP contribution in [0.3, 0.4) is 0 Å². The number of nitrogens with zero attached hydrogens (tertiary/aromatic N) is 3. The van der Waals surface area contributed by atoms with Gasteiger partial charge in [-0.25, -0.2) is 0 Å². The molecular weight excluding hydrogens is 350 g/mol. The molecule has 26 heavy (non-hydrogen) atoms. The monoisotopic (exact) mass is 371 g/mol. The molecule has 2 aromatic rings. The zero-order valence-electron chi connectivity index (χ0n) is 15.1. The first kappa shape index (κ1) is 18.4. The quantitative estimate of drug-likeness (QED) is 0.864. The third-order valence-corrected chi connectivity index (χ3v) is 4.32. The van der Waals surface area contributed by atoms with E-state index in [0.29, 0.717) is 17.3 Å². The summed E-state index contributed by atoms with van der Waals surface area (Å²) in [5, 5.41) is 11.2. The van der Waals surface area contributed by atoms with Gasteiger partial charge in [-0.15, -0.1) is 0 Å². The second-order valence-electron chi connectivity index (χ2n) is 6.79. The Hall–Kier alpha value is -2.37. The molecule has 1 N–H and O–H groups in total. The number of hydrogen-bond acceptors (Lipinski definition) is 5. The Labute approximate surface area is 158 Å². The molecule has 1 aromatic heterocycles. The van der Waals surface area contributed by atoms with E-state index in [1.54, 1.807) is 39.6 Å². The molecule has 0 amide bonds. The van der Waals surface area contributed by atoms with Crippen LogP contribution in [0.5, 0.6) is 5.75 Å². The lowest BCUT2D eigenvalue weighted by molar-refractivity contribution is 0.0428. The first-order chi connectivity index (χ1) is 12.4. The minimum Gasteiger partial charge on any atom is -0.496 e. The van der Waals surface area contributed by atoms with Crippen LogP contribution in [0.1, 0.15) is 31.1 Å². The molecular formula is C20H22ClN3O2. The molecule has 0 spiro atoms. The molecule has 5 nitrogen and oxygen atoms in total. The highest BCUT2D eigenvalue weighted by molar-refractivity contribution is 6.30. The van der Waals surface area contributed by atoms with Crippen molar-refractivity contribution in [3.05, 3.63) is 65.0 Å². The smallest absolute Gasteiger partial charge is 0.152 e. The van der Waals surface area contributed by atoms with Crippen LogP contribution in [0.2, 0.25) is 5.02 Å². The molecule has 1 aromatic carbocycles. The summed E-state index contributed by atoms with van der Waals surface area (Å²) < 4.78 is 5.49. The fourth-order valence-corrected chi connectivity index (χ4v) is 3.12. The van der Waals surface area contributed by atoms with Gasteiger partial charge in [-0.05, 0) is 43.7 Å². The average molecular weight is 372 g/mol. The Morgan fingerprint density at radius 2 is 1.96 bits per heavy atom. The Kier molecular flexibility index (Phi) is 5.30. The molecule has 1 unspecified atom stereocenters. The standard InChI is InChI=1S/C20H22ClN3O2/c1-20(2,25)13-24-17(14-4-6-15(21)7-5-14)8-11-23-19(24)16-12-22-10-9-18(16)26-3/h4-12,19,25H,13H2,1-3H3. The molecule has 0 bridgehead atoms. The van der Waals surface area contributed by atoms with Crippen LogP contribution >= 0.6 is 11.6 Å². The minimum absolute atomic E-state index is 0.347. The van der Waals surface area contributed by atoms with E-state index in [-0.39, 0.29) is 6.17 Å². The number of aromatic nitrogens is 1. The highest BCUT2D eigenvalue weighted by Gasteiger charge is 2.31. The lowest BCUT2D eigenvalue weighted by atomic mass is 10.0. The Morgan fingerprint density at radius 1 is 1.23 bits per heavy atom. The van der Waals surface area contributed by atoms with Gasteiger partial charge in [0, 0.05) is 35.9 Å². The van der Waals surface area contributed by atoms with Gasteiger partial charge < -0.3 is 14.7 Å². The van der Waals surface area contributed by atoms with Gasteiger partial charge in [0.1, 0.15) is 5.75 Å². The summed E-state index contributed by atoms with van der Waals surface area (Å²) in [6, 6.07) is 9.44. The van der Waals surface area contributed by atoms with Crippen LogP contribution in [-0.4, -0.2) is 40.5 Å². The second kappa shape index (κ2) is 7.48. The van der Waals surface area contributed by atoms with Gasteiger partial charge in [-0.3, -0.25) is 9.98 Å². The van der Waals surface area contributed by atoms with E-state index in [1.807, 2.05) is 36.4 Å². The summed E-state index contributed by atoms with van der Waals surface area (Å²) in [4.78, 5) is 10.9. The minimum atomic E-state index is -0.911. The van der Waals surface area contributed by atoms with E-state index in [1.165, 1.54) is 0 Å². The van der Waals surface area contributed by atoms with Crippen LogP contribution in [0, 0.1) is 0 Å². The van der Waals surface area contributed by atoms with Crippen molar-refractivity contribution in [3.63, 3.8) is 0 Å². The Balaban J connectivity index is 2.06. The average Bonchev–Trinajstić information content (AvgIpc) is 2.61. The van der Waals surface area contributed by atoms with Gasteiger partial charge >= 0.3 is 0 Å². The third-order valence-electron chi connectivity index (χ3n) is 4.07. The van der Waals surface area contributed by atoms with Gasteiger partial charge in [0.15, 0.2) is 6.17 Å². The highest BCUT2D eigenvalue weighted by Crippen LogP contribution is 2.37. The zero-order chi connectivity index (χ0) is 18.7. The number of benzene rings is 1. The summed E-state index contributed by atoms with van der Waals surface area (Å²) in [5.41, 5.74) is 1.88. The number of aliphatic imine (C=N–C) groups is 1. The van der Waals surface area contributed by atoms with Gasteiger partial charge in [0.2, 0.25) is 0 Å². The van der Waals surface area contributed by atoms with Crippen molar-refractivity contribution >= 4 is 23.5 Å². The number of halogens is 1. The maximum absolute atomic E-state index is 10.5. The van der Waals surface area contributed by atoms with E-state index in [2.05, 4.69) is 14.9 Å². The molecule has 0 saturated heterocycles. The van der Waals surface area contributed by atoms with E-state index < -0.39 is 5.60 Å². The van der Waals surface area contributed by atoms with Crippen molar-refractivity contribution in [1.82, 2.24) is 9.88 Å². The van der Waals surface area contributed by atoms with Crippen molar-refractivity contribution in [1.29, 1.82) is 0 Å². The molecule has 1 aliphatic heterocycles. The maximum Gasteiger partial charge on any atom is 0.152 e. The first-order valence-electron chi connectivity index (χ1n) is 8.35. The molecule has 0 aliphatic carbocycles. The fraction of sp³-hybridized carbons (Fsp3) is 0.300. The maximum atomic E-state index is 10.5. The second-order valence-corrected chi connectivity index (χ2v) is 7.23. The van der Waals surface area contributed by atoms with Gasteiger partial charge in [0.05, 0.1) is 18.3 Å². The number of β-amino-alcohol motifs (C(OH)–C–C–N with tert-alkyl or cyclic N) is 1. The lowest BCUT2D eigenvalue weighted by Crippen LogP contribution is -2.40. The zero-order valence-corrected chi connectivity index (χ0v) is 15.8. The molecule has 1 atom stereocenters. The largest absolute Gasteiger partial charge is 0.496 e. The van der Waals surface area contributed by atoms with Crippen molar-refractivity contribution in [2.75, 3.05) is 13.7 Å². The predicted molar refractivity (Wildman–Crippen MR) is 104 cm³/mol. The predicted octanol–water partition coefficient (Wildman–Crippen LogP) is 3.94. The summed E-state index contributed by atoms with van der Waals surface area (Å²) in [6.45, 7) is 3.95. The van der Waals surface area contributed by atoms with E-state index in [9.17, 15) is 5.11 Å². The van der Waals surface area contributed by atoms with Crippen molar-refractivity contribution in [3.8, 4) is 5.75 Å². The SMILES string of the molecule is COc1ccncc1C1N=CC=C(c2ccc(Cl)cc2)N1CC(C)(C)O. The normalized spacial score (nSPS) is 17.2. The summed E-state index contributed by atoms with van der Waals surface area (Å²) in [7, 11) is 1.63. The van der Waals surface area contributed by atoms with Crippen LogP contribution in [-0.2, 0) is 0 Å². The Bertz CT molecular complexity index is 826. The summed E-state index contributed by atoms with van der Waals surface area (Å²) >= 11 is 6.03. The topological polar surface area (TPSA) is 58.0 Å². The van der Waals surface area contributed by atoms with E-state index >= 15 is 0 Å². The van der Waals surface area contributed by atoms with Crippen molar-refractivity contribution < 1.29 is 9.84 Å². The van der Waals surface area contributed by atoms with Gasteiger partial charge in [-0.2, -0.15) is 0 Å². The molecule has 3 rings (SSSR count). The van der Waals surface area contributed by atoms with E-state index in [0.717, 1.165) is 16.8 Å². The summed E-state index contributed by atoms with van der Waals surface area (Å²) in [5.74, 6) is 0.709. The number of ether oxygens (including phenoxy) is 1. The molecule has 0 radical (unpaired) electrons. The Morgan fingerprint density at radius 3 is 2.62 bits per heavy atom. The van der Waals surface area contributed by atoms with Crippen molar-refractivity contribution in [2.24, 2.45) is 4.99 Å². The van der Waals surface area contributed by atoms with Gasteiger partial charge in [0.25, 0.3) is 0 Å². The van der Waals surface area contributed by atoms with Crippen LogP contribution < -0.4 is 4.74 Å². The molecule has 6 heteroatoms. The lowest BCUT2D eigenvalue weighted by Gasteiger charge is -2.39. The summed E-state index contributed by atoms with van der Waals surface area (Å²) in [6.07, 6.45) is 6.81. The van der Waals surface area contributed by atoms with Gasteiger partial charge in [-0.1, -0.05) is 23.7 Å². The number of rotatable bonds is 5. The number of pyridine rings is 1.